The Labute approximate surface area is 127 Å². The number of halogens is 1. The predicted octanol–water partition coefficient (Wildman–Crippen LogP) is 2.52. The van der Waals surface area contributed by atoms with E-state index in [0.29, 0.717) is 0 Å². The van der Waals surface area contributed by atoms with Gasteiger partial charge in [-0.1, -0.05) is 30.3 Å². The van der Waals surface area contributed by atoms with Crippen LogP contribution in [0.5, 0.6) is 0 Å². The van der Waals surface area contributed by atoms with Gasteiger partial charge in [0.1, 0.15) is 18.0 Å². The first kappa shape index (κ1) is 14.4. The molecule has 0 bridgehead atoms. The van der Waals surface area contributed by atoms with Crippen LogP contribution in [-0.2, 0) is 15.7 Å². The molecule has 22 heavy (non-hydrogen) atoms. The van der Waals surface area contributed by atoms with Gasteiger partial charge in [0.25, 0.3) is 0 Å². The van der Waals surface area contributed by atoms with Gasteiger partial charge in [-0.3, -0.25) is 0 Å². The van der Waals surface area contributed by atoms with Crippen molar-refractivity contribution in [1.29, 1.82) is 0 Å². The molecule has 0 atom stereocenters. The van der Waals surface area contributed by atoms with Gasteiger partial charge in [0.15, 0.2) is 15.7 Å². The van der Waals surface area contributed by atoms with Crippen LogP contribution >= 0.6 is 0 Å². The van der Waals surface area contributed by atoms with Crippen LogP contribution in [0.2, 0.25) is 0 Å². The molecule has 112 valence electrons. The first-order valence-electron chi connectivity index (χ1n) is 6.48. The van der Waals surface area contributed by atoms with E-state index >= 15 is 0 Å². The molecule has 1 aromatic heterocycles. The Hall–Kier alpha value is -2.54. The zero-order valence-corrected chi connectivity index (χ0v) is 12.2. The van der Waals surface area contributed by atoms with Crippen LogP contribution in [0.3, 0.4) is 0 Å². The van der Waals surface area contributed by atoms with Crippen LogP contribution in [0.4, 0.5) is 4.39 Å². The molecule has 0 aliphatic carbocycles. The standard InChI is InChI=1S/C15H12FN3O2S/c16-14-9-5-4-8-13(14)15-17-10-18-19(15)11-22(20,21)12-6-2-1-3-7-12/h1-10H,11H2. The van der Waals surface area contributed by atoms with Crippen LogP contribution in [-0.4, -0.2) is 23.2 Å². The third-order valence-electron chi connectivity index (χ3n) is 3.12. The summed E-state index contributed by atoms with van der Waals surface area (Å²) in [6.45, 7) is 0. The third-order valence-corrected chi connectivity index (χ3v) is 4.70. The van der Waals surface area contributed by atoms with E-state index in [4.69, 9.17) is 0 Å². The second kappa shape index (κ2) is 5.69. The number of rotatable bonds is 4. The molecule has 0 N–H and O–H groups in total. The Morgan fingerprint density at radius 3 is 2.41 bits per heavy atom. The van der Waals surface area contributed by atoms with E-state index in [-0.39, 0.29) is 16.3 Å². The molecule has 7 heteroatoms. The van der Waals surface area contributed by atoms with Crippen LogP contribution in [0.15, 0.2) is 65.8 Å². The Morgan fingerprint density at radius 2 is 1.68 bits per heavy atom. The van der Waals surface area contributed by atoms with Gasteiger partial charge in [0, 0.05) is 0 Å². The number of sulfone groups is 1. The molecular formula is C15H12FN3O2S. The van der Waals surface area contributed by atoms with Gasteiger partial charge in [-0.2, -0.15) is 5.10 Å². The lowest BCUT2D eigenvalue weighted by molar-refractivity contribution is 0.575. The molecule has 0 unspecified atom stereocenters. The summed E-state index contributed by atoms with van der Waals surface area (Å²) in [4.78, 5) is 4.16. The fourth-order valence-electron chi connectivity index (χ4n) is 2.07. The van der Waals surface area contributed by atoms with Gasteiger partial charge in [-0.25, -0.2) is 22.5 Å². The third kappa shape index (κ3) is 2.75. The van der Waals surface area contributed by atoms with E-state index in [0.717, 1.165) is 0 Å². The van der Waals surface area contributed by atoms with Gasteiger partial charge in [0.2, 0.25) is 0 Å². The van der Waals surface area contributed by atoms with Crippen molar-refractivity contribution >= 4 is 9.84 Å². The van der Waals surface area contributed by atoms with E-state index in [1.165, 1.54) is 35.3 Å². The molecule has 0 aliphatic heterocycles. The summed E-state index contributed by atoms with van der Waals surface area (Å²) in [5.41, 5.74) is 0.211. The topological polar surface area (TPSA) is 64.8 Å². The Bertz CT molecular complexity index is 892. The summed E-state index contributed by atoms with van der Waals surface area (Å²) in [5, 5.41) is 3.90. The molecule has 2 aromatic carbocycles. The van der Waals surface area contributed by atoms with Gasteiger partial charge < -0.3 is 0 Å². The maximum Gasteiger partial charge on any atom is 0.198 e. The largest absolute Gasteiger partial charge is 0.230 e. The SMILES string of the molecule is O=S(=O)(Cn1ncnc1-c1ccccc1F)c1ccccc1. The van der Waals surface area contributed by atoms with Crippen molar-refractivity contribution in [1.82, 2.24) is 14.8 Å². The summed E-state index contributed by atoms with van der Waals surface area (Å²) in [5.74, 6) is -0.702. The van der Waals surface area contributed by atoms with Crippen molar-refractivity contribution in [2.75, 3.05) is 0 Å². The van der Waals surface area contributed by atoms with Crippen molar-refractivity contribution in [3.05, 3.63) is 66.7 Å². The Balaban J connectivity index is 1.99. The molecule has 0 saturated heterocycles. The highest BCUT2D eigenvalue weighted by Gasteiger charge is 2.19. The van der Waals surface area contributed by atoms with Crippen LogP contribution in [0.25, 0.3) is 11.4 Å². The highest BCUT2D eigenvalue weighted by Crippen LogP contribution is 2.21. The van der Waals surface area contributed by atoms with Crippen molar-refractivity contribution in [2.45, 2.75) is 10.8 Å². The average molecular weight is 317 g/mol. The lowest BCUT2D eigenvalue weighted by atomic mass is 10.2. The van der Waals surface area contributed by atoms with Crippen molar-refractivity contribution < 1.29 is 12.8 Å². The van der Waals surface area contributed by atoms with Gasteiger partial charge in [0.05, 0.1) is 10.5 Å². The quantitative estimate of drug-likeness (QED) is 0.741. The molecule has 0 fully saturated rings. The summed E-state index contributed by atoms with van der Waals surface area (Å²) >= 11 is 0. The van der Waals surface area contributed by atoms with E-state index in [9.17, 15) is 12.8 Å². The van der Waals surface area contributed by atoms with E-state index in [2.05, 4.69) is 10.1 Å². The normalized spacial score (nSPS) is 11.5. The van der Waals surface area contributed by atoms with E-state index < -0.39 is 21.5 Å². The Morgan fingerprint density at radius 1 is 1.00 bits per heavy atom. The lowest BCUT2D eigenvalue weighted by Crippen LogP contribution is -2.14. The van der Waals surface area contributed by atoms with E-state index in [1.54, 1.807) is 30.3 Å². The maximum atomic E-state index is 13.9. The van der Waals surface area contributed by atoms with Gasteiger partial charge >= 0.3 is 0 Å². The number of hydrogen-bond donors (Lipinski definition) is 0. The van der Waals surface area contributed by atoms with Crippen molar-refractivity contribution in [3.8, 4) is 11.4 Å². The molecule has 0 aliphatic rings. The second-order valence-electron chi connectivity index (χ2n) is 4.62. The summed E-state index contributed by atoms with van der Waals surface area (Å²) in [6, 6.07) is 14.1. The summed E-state index contributed by atoms with van der Waals surface area (Å²) in [7, 11) is -3.59. The maximum absolute atomic E-state index is 13.9. The second-order valence-corrected chi connectivity index (χ2v) is 6.58. The van der Waals surface area contributed by atoms with Crippen molar-refractivity contribution in [3.63, 3.8) is 0 Å². The number of hydrogen-bond acceptors (Lipinski definition) is 4. The van der Waals surface area contributed by atoms with E-state index in [1.807, 2.05) is 0 Å². The molecular weight excluding hydrogens is 305 g/mol. The Kier molecular flexibility index (Phi) is 3.72. The minimum atomic E-state index is -3.59. The predicted molar refractivity (Wildman–Crippen MR) is 79.0 cm³/mol. The monoisotopic (exact) mass is 317 g/mol. The molecule has 0 amide bonds. The first-order valence-corrected chi connectivity index (χ1v) is 8.14. The molecule has 3 aromatic rings. The smallest absolute Gasteiger partial charge is 0.198 e. The number of nitrogens with zero attached hydrogens (tertiary/aromatic N) is 3. The zero-order chi connectivity index (χ0) is 15.6. The molecule has 0 spiro atoms. The molecule has 0 saturated carbocycles. The fourth-order valence-corrected chi connectivity index (χ4v) is 3.30. The number of aromatic nitrogens is 3. The molecule has 1 heterocycles. The van der Waals surface area contributed by atoms with Gasteiger partial charge in [-0.15, -0.1) is 0 Å². The first-order chi connectivity index (χ1) is 10.6. The van der Waals surface area contributed by atoms with Crippen LogP contribution in [0, 0.1) is 5.82 Å². The average Bonchev–Trinajstić information content (AvgIpc) is 2.96. The minimum absolute atomic E-state index is 0.178. The highest BCUT2D eigenvalue weighted by atomic mass is 32.2. The molecule has 3 rings (SSSR count). The van der Waals surface area contributed by atoms with Crippen molar-refractivity contribution in [2.24, 2.45) is 0 Å². The minimum Gasteiger partial charge on any atom is -0.230 e. The highest BCUT2D eigenvalue weighted by molar-refractivity contribution is 7.90. The summed E-state index contributed by atoms with van der Waals surface area (Å²) < 4.78 is 39.8. The van der Waals surface area contributed by atoms with Crippen LogP contribution in [0.1, 0.15) is 0 Å². The lowest BCUT2D eigenvalue weighted by Gasteiger charge is -2.08. The van der Waals surface area contributed by atoms with Gasteiger partial charge in [-0.05, 0) is 24.3 Å². The molecule has 5 nitrogen and oxygen atoms in total. The number of benzene rings is 2. The molecule has 0 radical (unpaired) electrons. The summed E-state index contributed by atoms with van der Waals surface area (Å²) in [6.07, 6.45) is 1.21. The zero-order valence-electron chi connectivity index (χ0n) is 11.4. The van der Waals surface area contributed by atoms with Crippen LogP contribution < -0.4 is 0 Å². The fraction of sp³-hybridized carbons (Fsp3) is 0.0667.